The zero-order chi connectivity index (χ0) is 22.4. The summed E-state index contributed by atoms with van der Waals surface area (Å²) in [4.78, 5) is 29.1. The van der Waals surface area contributed by atoms with E-state index in [2.05, 4.69) is 24.2 Å². The highest BCUT2D eigenvalue weighted by Gasteiger charge is 2.32. The van der Waals surface area contributed by atoms with Gasteiger partial charge < -0.3 is 15.1 Å². The second-order valence-corrected chi connectivity index (χ2v) is 9.61. The lowest BCUT2D eigenvalue weighted by molar-refractivity contribution is -0.133. The van der Waals surface area contributed by atoms with Gasteiger partial charge in [-0.1, -0.05) is 49.0 Å². The molecule has 0 radical (unpaired) electrons. The van der Waals surface area contributed by atoms with Crippen LogP contribution in [0, 0.1) is 5.92 Å². The van der Waals surface area contributed by atoms with Crippen LogP contribution in [0.1, 0.15) is 51.0 Å². The maximum Gasteiger partial charge on any atom is 0.244 e. The van der Waals surface area contributed by atoms with E-state index in [-0.39, 0.29) is 18.4 Å². The van der Waals surface area contributed by atoms with Gasteiger partial charge in [-0.05, 0) is 56.9 Å². The molecule has 0 spiro atoms. The van der Waals surface area contributed by atoms with E-state index < -0.39 is 0 Å². The second kappa shape index (κ2) is 11.3. The summed E-state index contributed by atoms with van der Waals surface area (Å²) >= 11 is 12.2. The normalized spacial score (nSPS) is 22.8. The van der Waals surface area contributed by atoms with Crippen LogP contribution in [0.5, 0.6) is 0 Å². The van der Waals surface area contributed by atoms with Crippen molar-refractivity contribution in [3.63, 3.8) is 0 Å². The predicted octanol–water partition coefficient (Wildman–Crippen LogP) is 4.62. The highest BCUT2D eigenvalue weighted by molar-refractivity contribution is 6.37. The molecule has 3 rings (SSSR count). The summed E-state index contributed by atoms with van der Waals surface area (Å²) in [6.45, 7) is 3.86. The Bertz CT molecular complexity index is 786. The first kappa shape index (κ1) is 24.1. The average Bonchev–Trinajstić information content (AvgIpc) is 2.77. The Kier molecular flexibility index (Phi) is 8.82. The number of amides is 2. The molecule has 1 aromatic rings. The summed E-state index contributed by atoms with van der Waals surface area (Å²) in [5.74, 6) is 0.372. The number of hydrogen-bond acceptors (Lipinski definition) is 3. The Morgan fingerprint density at radius 2 is 1.77 bits per heavy atom. The molecular weight excluding hydrogens is 433 g/mol. The molecule has 2 atom stereocenters. The van der Waals surface area contributed by atoms with Crippen molar-refractivity contribution in [3.8, 4) is 0 Å². The molecule has 1 saturated carbocycles. The van der Waals surface area contributed by atoms with Crippen molar-refractivity contribution in [3.05, 3.63) is 39.9 Å². The fraction of sp³-hybridized carbons (Fsp3) is 0.583. The zero-order valence-corrected chi connectivity index (χ0v) is 20.0. The highest BCUT2D eigenvalue weighted by atomic mass is 35.5. The van der Waals surface area contributed by atoms with Gasteiger partial charge in [0.2, 0.25) is 11.8 Å². The van der Waals surface area contributed by atoms with E-state index >= 15 is 0 Å². The summed E-state index contributed by atoms with van der Waals surface area (Å²) in [6, 6.07) is 6.37. The minimum Gasteiger partial charge on any atom is -0.343 e. The molecule has 1 aromatic carbocycles. The number of carbonyl (C=O) groups excluding carboxylic acids is 2. The van der Waals surface area contributed by atoms with E-state index in [0.29, 0.717) is 27.7 Å². The van der Waals surface area contributed by atoms with Gasteiger partial charge in [0, 0.05) is 46.9 Å². The first-order valence-electron chi connectivity index (χ1n) is 11.3. The van der Waals surface area contributed by atoms with Crippen LogP contribution < -0.4 is 5.32 Å². The molecule has 0 bridgehead atoms. The number of piperidine rings is 1. The van der Waals surface area contributed by atoms with Gasteiger partial charge in [0.05, 0.1) is 6.54 Å². The first-order valence-corrected chi connectivity index (χ1v) is 12.0. The predicted molar refractivity (Wildman–Crippen MR) is 127 cm³/mol. The highest BCUT2D eigenvalue weighted by Crippen LogP contribution is 2.30. The van der Waals surface area contributed by atoms with Crippen molar-refractivity contribution >= 4 is 41.1 Å². The molecule has 170 valence electrons. The summed E-state index contributed by atoms with van der Waals surface area (Å²) in [6.07, 6.45) is 10.2. The van der Waals surface area contributed by atoms with Crippen molar-refractivity contribution in [2.24, 2.45) is 5.92 Å². The minimum absolute atomic E-state index is 0.000404. The molecule has 2 amide bonds. The van der Waals surface area contributed by atoms with E-state index in [0.717, 1.165) is 31.8 Å². The third-order valence-corrected chi connectivity index (χ3v) is 7.46. The molecule has 1 heterocycles. The minimum atomic E-state index is -0.342. The van der Waals surface area contributed by atoms with Crippen LogP contribution in [0.4, 0.5) is 0 Å². The van der Waals surface area contributed by atoms with Gasteiger partial charge in [0.25, 0.3) is 0 Å². The number of nitrogens with one attached hydrogen (secondary N) is 1. The van der Waals surface area contributed by atoms with Gasteiger partial charge in [-0.3, -0.25) is 9.59 Å². The molecule has 5 nitrogen and oxygen atoms in total. The maximum absolute atomic E-state index is 12.5. The molecule has 1 aliphatic heterocycles. The van der Waals surface area contributed by atoms with E-state index in [1.165, 1.54) is 31.8 Å². The van der Waals surface area contributed by atoms with Crippen LogP contribution in [0.25, 0.3) is 6.08 Å². The Hall–Kier alpha value is -1.56. The molecule has 0 unspecified atom stereocenters. The maximum atomic E-state index is 12.5. The third kappa shape index (κ3) is 6.47. The Morgan fingerprint density at radius 1 is 1.13 bits per heavy atom. The lowest BCUT2D eigenvalue weighted by Gasteiger charge is -2.44. The number of carbonyl (C=O) groups is 2. The van der Waals surface area contributed by atoms with Crippen LogP contribution in [0.15, 0.2) is 24.3 Å². The molecule has 31 heavy (non-hydrogen) atoms. The van der Waals surface area contributed by atoms with Gasteiger partial charge in [-0.2, -0.15) is 0 Å². The largest absolute Gasteiger partial charge is 0.343 e. The van der Waals surface area contributed by atoms with Crippen molar-refractivity contribution in [2.75, 3.05) is 26.7 Å². The van der Waals surface area contributed by atoms with Crippen molar-refractivity contribution in [1.82, 2.24) is 15.1 Å². The Balaban J connectivity index is 1.42. The quantitative estimate of drug-likeness (QED) is 0.623. The Labute approximate surface area is 195 Å². The number of likely N-dealkylation sites (tertiary alicyclic amines) is 1. The lowest BCUT2D eigenvalue weighted by Crippen LogP contribution is -2.51. The topological polar surface area (TPSA) is 52.6 Å². The third-order valence-electron chi connectivity index (χ3n) is 6.80. The van der Waals surface area contributed by atoms with Gasteiger partial charge in [-0.25, -0.2) is 0 Å². The summed E-state index contributed by atoms with van der Waals surface area (Å²) in [5, 5.41) is 3.62. The monoisotopic (exact) mass is 465 g/mol. The standard InChI is InChI=1S/C24H33Cl2N3O2/c1-17-6-3-4-9-22(17)28(2)18-12-14-29(15-13-18)24(31)16-27-23(30)11-10-19-20(25)7-5-8-21(19)26/h5,7-8,10-11,17-18,22H,3-4,6,9,12-16H2,1-2H3,(H,27,30)/b11-10+/t17-,22-/m0/s1. The van der Waals surface area contributed by atoms with Crippen LogP contribution in [0.2, 0.25) is 10.0 Å². The number of hydrogen-bond donors (Lipinski definition) is 1. The fourth-order valence-electron chi connectivity index (χ4n) is 4.86. The molecule has 1 N–H and O–H groups in total. The molecule has 2 fully saturated rings. The zero-order valence-electron chi connectivity index (χ0n) is 18.4. The van der Waals surface area contributed by atoms with Gasteiger partial charge in [-0.15, -0.1) is 0 Å². The van der Waals surface area contributed by atoms with Gasteiger partial charge >= 0.3 is 0 Å². The van der Waals surface area contributed by atoms with Crippen molar-refractivity contribution < 1.29 is 9.59 Å². The molecule has 7 heteroatoms. The van der Waals surface area contributed by atoms with Crippen LogP contribution >= 0.6 is 23.2 Å². The molecular formula is C24H33Cl2N3O2. The molecule has 0 aromatic heterocycles. The summed E-state index contributed by atoms with van der Waals surface area (Å²) in [5.41, 5.74) is 0.589. The molecule has 1 saturated heterocycles. The van der Waals surface area contributed by atoms with Crippen LogP contribution in [0.3, 0.4) is 0 Å². The van der Waals surface area contributed by atoms with E-state index in [1.807, 2.05) is 4.90 Å². The number of benzene rings is 1. The van der Waals surface area contributed by atoms with E-state index in [1.54, 1.807) is 24.3 Å². The van der Waals surface area contributed by atoms with Gasteiger partial charge in [0.15, 0.2) is 0 Å². The number of rotatable bonds is 6. The van der Waals surface area contributed by atoms with E-state index in [4.69, 9.17) is 23.2 Å². The number of halogens is 2. The summed E-state index contributed by atoms with van der Waals surface area (Å²) < 4.78 is 0. The molecule has 1 aliphatic carbocycles. The van der Waals surface area contributed by atoms with Crippen molar-refractivity contribution in [1.29, 1.82) is 0 Å². The smallest absolute Gasteiger partial charge is 0.244 e. The number of nitrogens with zero attached hydrogens (tertiary/aromatic N) is 2. The second-order valence-electron chi connectivity index (χ2n) is 8.79. The van der Waals surface area contributed by atoms with Gasteiger partial charge in [0.1, 0.15) is 0 Å². The fourth-order valence-corrected chi connectivity index (χ4v) is 5.38. The van der Waals surface area contributed by atoms with Crippen LogP contribution in [-0.4, -0.2) is 60.4 Å². The van der Waals surface area contributed by atoms with Crippen molar-refractivity contribution in [2.45, 2.75) is 57.5 Å². The Morgan fingerprint density at radius 3 is 2.42 bits per heavy atom. The van der Waals surface area contributed by atoms with E-state index in [9.17, 15) is 9.59 Å². The molecule has 2 aliphatic rings. The average molecular weight is 466 g/mol. The van der Waals surface area contributed by atoms with Crippen LogP contribution in [-0.2, 0) is 9.59 Å². The SMILES string of the molecule is C[C@H]1CCCC[C@@H]1N(C)C1CCN(C(=O)CNC(=O)/C=C/c2c(Cl)cccc2Cl)CC1. The lowest BCUT2D eigenvalue weighted by atomic mass is 9.84. The summed E-state index contributed by atoms with van der Waals surface area (Å²) in [7, 11) is 2.26. The first-order chi connectivity index (χ1) is 14.9.